The Bertz CT molecular complexity index is 1960. The van der Waals surface area contributed by atoms with Crippen molar-refractivity contribution in [1.82, 2.24) is 24.6 Å². The molecule has 9 nitrogen and oxygen atoms in total. The van der Waals surface area contributed by atoms with Gasteiger partial charge in [0.2, 0.25) is 5.95 Å². The van der Waals surface area contributed by atoms with Gasteiger partial charge >= 0.3 is 0 Å². The number of amides is 1. The predicted octanol–water partition coefficient (Wildman–Crippen LogP) is 6.73. The fraction of sp³-hybridized carbons (Fsp3) is 0.382. The maximum atomic E-state index is 15.1. The number of nitrogens with one attached hydrogen (secondary N) is 1. The van der Waals surface area contributed by atoms with Gasteiger partial charge in [-0.15, -0.1) is 0 Å². The molecule has 0 fully saturated rings. The van der Waals surface area contributed by atoms with Crippen LogP contribution in [0.1, 0.15) is 70.2 Å². The molecule has 0 saturated heterocycles. The number of likely N-dealkylation sites (N-methyl/N-ethyl adjacent to an activating group) is 1. The quantitative estimate of drug-likeness (QED) is 0.138. The molecule has 1 atom stereocenters. The molecule has 2 aromatic carbocycles. The summed E-state index contributed by atoms with van der Waals surface area (Å²) in [5, 5.41) is 6.32. The van der Waals surface area contributed by atoms with Crippen LogP contribution >= 0.6 is 0 Å². The summed E-state index contributed by atoms with van der Waals surface area (Å²) in [4.78, 5) is 36.4. The largest absolute Gasteiger partial charge is 0.366 e. The fourth-order valence-corrected chi connectivity index (χ4v) is 6.11. The molecule has 0 radical (unpaired) electrons. The first-order chi connectivity index (χ1) is 24.4. The van der Waals surface area contributed by atoms with Crippen LogP contribution < -0.4 is 11.1 Å². The minimum atomic E-state index is -4.07. The van der Waals surface area contributed by atoms with Crippen LogP contribution in [-0.4, -0.2) is 63.5 Å². The van der Waals surface area contributed by atoms with Gasteiger partial charge in [-0.3, -0.25) is 14.3 Å². The highest BCUT2D eigenvalue weighted by Crippen LogP contribution is 2.52. The second-order valence-electron chi connectivity index (χ2n) is 12.7. The summed E-state index contributed by atoms with van der Waals surface area (Å²) < 4.78 is 131. The summed E-state index contributed by atoms with van der Waals surface area (Å²) >= 11 is 0. The zero-order chi connectivity index (χ0) is 38.1. The number of carbonyl (C=O) groups is 2. The molecule has 1 aliphatic rings. The van der Waals surface area contributed by atoms with Gasteiger partial charge in [0.1, 0.15) is 35.4 Å². The summed E-state index contributed by atoms with van der Waals surface area (Å²) in [5.74, 6) is -14.2. The van der Waals surface area contributed by atoms with E-state index >= 15 is 8.78 Å². The first kappa shape index (κ1) is 38.2. The van der Waals surface area contributed by atoms with E-state index in [4.69, 9.17) is 5.73 Å². The van der Waals surface area contributed by atoms with Crippen molar-refractivity contribution >= 4 is 17.6 Å². The van der Waals surface area contributed by atoms with Crippen molar-refractivity contribution in [2.24, 2.45) is 5.73 Å². The Morgan fingerprint density at radius 1 is 0.981 bits per heavy atom. The molecule has 0 bridgehead atoms. The summed E-state index contributed by atoms with van der Waals surface area (Å²) in [5.41, 5.74) is 0.392. The summed E-state index contributed by atoms with van der Waals surface area (Å²) in [6.07, 6.45) is -6.20. The molecule has 3 N–H and O–H groups in total. The van der Waals surface area contributed by atoms with Gasteiger partial charge in [-0.2, -0.15) is 13.9 Å². The molecule has 4 aromatic rings. The van der Waals surface area contributed by atoms with E-state index in [-0.39, 0.29) is 39.4 Å². The molecule has 0 spiro atoms. The van der Waals surface area contributed by atoms with Gasteiger partial charge in [0.15, 0.2) is 5.78 Å². The number of nitrogens with two attached hydrogens (primary N) is 1. The van der Waals surface area contributed by atoms with Gasteiger partial charge in [-0.05, 0) is 55.9 Å². The average Bonchev–Trinajstić information content (AvgIpc) is 3.44. The normalized spacial score (nSPS) is 15.5. The predicted molar refractivity (Wildman–Crippen MR) is 170 cm³/mol. The van der Waals surface area contributed by atoms with E-state index in [1.165, 1.54) is 12.3 Å². The lowest BCUT2D eigenvalue weighted by atomic mass is 9.86. The van der Waals surface area contributed by atoms with E-state index in [1.54, 1.807) is 14.1 Å². The summed E-state index contributed by atoms with van der Waals surface area (Å²) in [6, 6.07) is 5.86. The van der Waals surface area contributed by atoms with E-state index in [0.717, 1.165) is 24.3 Å². The molecule has 52 heavy (non-hydrogen) atoms. The molecule has 1 aliphatic carbocycles. The van der Waals surface area contributed by atoms with E-state index in [2.05, 4.69) is 20.4 Å². The van der Waals surface area contributed by atoms with E-state index in [9.17, 15) is 40.3 Å². The Balaban J connectivity index is 1.62. The van der Waals surface area contributed by atoms with Crippen molar-refractivity contribution in [3.63, 3.8) is 0 Å². The van der Waals surface area contributed by atoms with E-state index in [0.29, 0.717) is 19.2 Å². The van der Waals surface area contributed by atoms with E-state index in [1.807, 2.05) is 4.90 Å². The van der Waals surface area contributed by atoms with Gasteiger partial charge in [0.05, 0.1) is 16.8 Å². The molecular formula is C34H32F9N7O2. The number of aromatic nitrogens is 4. The Labute approximate surface area is 291 Å². The van der Waals surface area contributed by atoms with Crippen molar-refractivity contribution in [2.75, 3.05) is 32.5 Å². The summed E-state index contributed by atoms with van der Waals surface area (Å²) in [6.45, 7) is -0.308. The van der Waals surface area contributed by atoms with E-state index < -0.39 is 102 Å². The second-order valence-corrected chi connectivity index (χ2v) is 12.7. The number of anilines is 1. The number of hydrogen-bond donors (Lipinski definition) is 2. The molecule has 278 valence electrons. The maximum absolute atomic E-state index is 15.1. The monoisotopic (exact) mass is 741 g/mol. The number of fused-ring (bicyclic) bond motifs is 1. The third-order valence-electron chi connectivity index (χ3n) is 8.45. The lowest BCUT2D eigenvalue weighted by Crippen LogP contribution is -2.33. The summed E-state index contributed by atoms with van der Waals surface area (Å²) in [7, 11) is 3.61. The number of alkyl halides is 6. The topological polar surface area (TPSA) is 119 Å². The molecule has 2 heterocycles. The molecule has 0 unspecified atom stereocenters. The van der Waals surface area contributed by atoms with Crippen molar-refractivity contribution in [2.45, 2.75) is 56.4 Å². The minimum Gasteiger partial charge on any atom is -0.366 e. The Morgan fingerprint density at radius 2 is 1.65 bits per heavy atom. The van der Waals surface area contributed by atoms with Crippen molar-refractivity contribution in [1.29, 1.82) is 0 Å². The smallest absolute Gasteiger partial charge is 0.290 e. The third-order valence-corrected chi connectivity index (χ3v) is 8.45. The zero-order valence-electron chi connectivity index (χ0n) is 27.7. The SMILES string of the molecule is CN(C)CCNc1ncc(-c2ccc(F)c(C(N)=O)c2)c([C@@H](CC(=O)Cn2nc(C(F)F)c3c2C(F)(F)CCC3(F)F)Cc2cc(F)cc(F)c2)n1. The van der Waals surface area contributed by atoms with Crippen LogP contribution in [-0.2, 0) is 29.6 Å². The highest BCUT2D eigenvalue weighted by molar-refractivity contribution is 5.94. The number of rotatable bonds is 14. The van der Waals surface area contributed by atoms with Crippen LogP contribution in [0, 0.1) is 17.5 Å². The molecule has 0 aliphatic heterocycles. The molecule has 0 saturated carbocycles. The molecule has 18 heteroatoms. The maximum Gasteiger partial charge on any atom is 0.290 e. The van der Waals surface area contributed by atoms with Crippen LogP contribution in [0.4, 0.5) is 45.5 Å². The first-order valence-electron chi connectivity index (χ1n) is 15.8. The van der Waals surface area contributed by atoms with Crippen molar-refractivity contribution in [3.8, 4) is 11.1 Å². The highest BCUT2D eigenvalue weighted by Gasteiger charge is 2.55. The number of hydrogen-bond acceptors (Lipinski definition) is 7. The molecule has 5 rings (SSSR count). The number of nitrogens with zero attached hydrogens (tertiary/aromatic N) is 5. The fourth-order valence-electron chi connectivity index (χ4n) is 6.11. The van der Waals surface area contributed by atoms with Gasteiger partial charge in [0.25, 0.3) is 24.2 Å². The highest BCUT2D eigenvalue weighted by atomic mass is 19.3. The number of primary amides is 1. The minimum absolute atomic E-state index is 0.00929. The number of carbonyl (C=O) groups excluding carboxylic acids is 2. The van der Waals surface area contributed by atoms with Crippen LogP contribution in [0.25, 0.3) is 11.1 Å². The Kier molecular flexibility index (Phi) is 11.0. The van der Waals surface area contributed by atoms with Crippen LogP contribution in [0.2, 0.25) is 0 Å². The number of ketones is 1. The molecular weight excluding hydrogens is 709 g/mol. The van der Waals surface area contributed by atoms with Crippen LogP contribution in [0.5, 0.6) is 0 Å². The van der Waals surface area contributed by atoms with Gasteiger partial charge in [-0.1, -0.05) is 6.07 Å². The lowest BCUT2D eigenvalue weighted by molar-refractivity contribution is -0.121. The van der Waals surface area contributed by atoms with Gasteiger partial charge in [-0.25, -0.2) is 40.7 Å². The molecule has 2 aromatic heterocycles. The van der Waals surface area contributed by atoms with Crippen molar-refractivity contribution in [3.05, 3.63) is 93.8 Å². The van der Waals surface area contributed by atoms with Gasteiger partial charge in [0, 0.05) is 56.1 Å². The number of benzene rings is 2. The Morgan fingerprint density at radius 3 is 2.29 bits per heavy atom. The number of halogens is 9. The Hall–Kier alpha value is -5.00. The first-order valence-corrected chi connectivity index (χ1v) is 15.8. The third kappa shape index (κ3) is 8.37. The van der Waals surface area contributed by atoms with Gasteiger partial charge < -0.3 is 16.0 Å². The average molecular weight is 742 g/mol. The molecule has 1 amide bonds. The second kappa shape index (κ2) is 14.9. The van der Waals surface area contributed by atoms with Crippen LogP contribution in [0.15, 0.2) is 42.6 Å². The van der Waals surface area contributed by atoms with Crippen LogP contribution in [0.3, 0.4) is 0 Å². The lowest BCUT2D eigenvalue weighted by Gasteiger charge is -2.29. The standard InChI is InChI=1S/C34H32F9N7O2/c1-49(2)8-7-45-32-46-15-24(18-3-4-25(37)23(13-18)31(44)52)27(47-32)19(9-17-10-20(35)14-21(36)11-17)12-22(51)16-50-29-26(28(48-50)30(38)39)33(40,41)5-6-34(29,42)43/h3-4,10-11,13-15,19,30H,5-9,12,16H2,1-2H3,(H2,44,52)(H,45,46,47)/t19-/m1/s1. The zero-order valence-corrected chi connectivity index (χ0v) is 27.7. The van der Waals surface area contributed by atoms with Crippen molar-refractivity contribution < 1.29 is 49.1 Å². The number of Topliss-reactive ketones (excluding diaryl/α,β-unsaturated/α-hetero) is 1.